The first-order valence-corrected chi connectivity index (χ1v) is 11.2. The van der Waals surface area contributed by atoms with Crippen molar-refractivity contribution in [1.29, 1.82) is 0 Å². The van der Waals surface area contributed by atoms with Crippen LogP contribution in [0.2, 0.25) is 0 Å². The van der Waals surface area contributed by atoms with Gasteiger partial charge in [-0.15, -0.1) is 11.3 Å². The van der Waals surface area contributed by atoms with Gasteiger partial charge in [0.25, 0.3) is 5.56 Å². The van der Waals surface area contributed by atoms with E-state index in [1.165, 1.54) is 21.8 Å². The van der Waals surface area contributed by atoms with Gasteiger partial charge in [-0.2, -0.15) is 11.8 Å². The van der Waals surface area contributed by atoms with E-state index in [-0.39, 0.29) is 5.56 Å². The van der Waals surface area contributed by atoms with Gasteiger partial charge >= 0.3 is 5.69 Å². The lowest BCUT2D eigenvalue weighted by Crippen LogP contribution is -2.35. The van der Waals surface area contributed by atoms with Gasteiger partial charge in [0.05, 0.1) is 10.7 Å². The number of hydrogen-bond acceptors (Lipinski definition) is 6. The van der Waals surface area contributed by atoms with Crippen LogP contribution in [0.5, 0.6) is 0 Å². The summed E-state index contributed by atoms with van der Waals surface area (Å²) in [6, 6.07) is 7.44. The number of nitrogens with zero attached hydrogens (tertiary/aromatic N) is 2. The van der Waals surface area contributed by atoms with E-state index in [1.54, 1.807) is 23.1 Å². The number of H-pyrrole nitrogens is 1. The van der Waals surface area contributed by atoms with Gasteiger partial charge in [-0.1, -0.05) is 13.0 Å². The Morgan fingerprint density at radius 3 is 2.75 bits per heavy atom. The van der Waals surface area contributed by atoms with E-state index in [0.29, 0.717) is 18.1 Å². The van der Waals surface area contributed by atoms with Gasteiger partial charge in [0.15, 0.2) is 0 Å². The molecule has 2 heterocycles. The van der Waals surface area contributed by atoms with Gasteiger partial charge in [-0.25, -0.2) is 9.78 Å². The number of aryl methyl sites for hydroxylation is 3. The maximum Gasteiger partial charge on any atom is 0.329 e. The summed E-state index contributed by atoms with van der Waals surface area (Å²) < 4.78 is 1.23. The second-order valence-corrected chi connectivity index (χ2v) is 8.68. The average Bonchev–Trinajstić information content (AvgIpc) is 3.07. The molecule has 0 atom stereocenters. The second-order valence-electron chi connectivity index (χ2n) is 6.51. The van der Waals surface area contributed by atoms with E-state index >= 15 is 0 Å². The SMILES string of the molecule is CCc1cc(Nc2cc(=O)n(CCSCc3csc(C)n3)c(=O)[nH]2)ccc1C. The van der Waals surface area contributed by atoms with E-state index in [9.17, 15) is 9.59 Å². The van der Waals surface area contributed by atoms with Crippen LogP contribution in [0.1, 0.15) is 28.8 Å². The molecule has 0 aliphatic heterocycles. The zero-order chi connectivity index (χ0) is 20.1. The van der Waals surface area contributed by atoms with Crippen molar-refractivity contribution in [1.82, 2.24) is 14.5 Å². The van der Waals surface area contributed by atoms with Crippen LogP contribution in [0.4, 0.5) is 11.5 Å². The molecular formula is C20H24N4O2S2. The normalized spacial score (nSPS) is 11.0. The van der Waals surface area contributed by atoms with Crippen molar-refractivity contribution >= 4 is 34.6 Å². The van der Waals surface area contributed by atoms with Crippen molar-refractivity contribution in [3.8, 4) is 0 Å². The number of rotatable bonds is 8. The monoisotopic (exact) mass is 416 g/mol. The smallest absolute Gasteiger partial charge is 0.329 e. The number of aromatic nitrogens is 3. The summed E-state index contributed by atoms with van der Waals surface area (Å²) in [5.74, 6) is 1.86. The molecule has 148 valence electrons. The molecule has 2 N–H and O–H groups in total. The predicted octanol–water partition coefficient (Wildman–Crippen LogP) is 3.85. The molecule has 3 rings (SSSR count). The number of hydrogen-bond donors (Lipinski definition) is 2. The molecule has 8 heteroatoms. The molecule has 0 fully saturated rings. The Bertz CT molecular complexity index is 1040. The van der Waals surface area contributed by atoms with Crippen molar-refractivity contribution in [2.75, 3.05) is 11.1 Å². The number of thioether (sulfide) groups is 1. The number of nitrogens with one attached hydrogen (secondary N) is 2. The van der Waals surface area contributed by atoms with Crippen molar-refractivity contribution in [2.24, 2.45) is 0 Å². The molecule has 1 aromatic carbocycles. The molecule has 6 nitrogen and oxygen atoms in total. The molecule has 0 unspecified atom stereocenters. The Morgan fingerprint density at radius 2 is 2.07 bits per heavy atom. The van der Waals surface area contributed by atoms with Crippen LogP contribution >= 0.6 is 23.1 Å². The molecule has 0 spiro atoms. The highest BCUT2D eigenvalue weighted by molar-refractivity contribution is 7.98. The Kier molecular flexibility index (Phi) is 6.74. The quantitative estimate of drug-likeness (QED) is 0.545. The Morgan fingerprint density at radius 1 is 1.25 bits per heavy atom. The number of anilines is 2. The standard InChI is InChI=1S/C20H24N4O2S2/c1-4-15-9-16(6-5-13(15)2)22-18-10-19(25)24(20(26)23-18)7-8-27-11-17-12-28-14(3)21-17/h5-6,9-10,12,22H,4,7-8,11H2,1-3H3,(H,23,26). The van der Waals surface area contributed by atoms with Crippen molar-refractivity contribution in [2.45, 2.75) is 39.5 Å². The Balaban J connectivity index is 1.64. The van der Waals surface area contributed by atoms with Crippen molar-refractivity contribution < 1.29 is 0 Å². The third-order valence-electron chi connectivity index (χ3n) is 4.41. The summed E-state index contributed by atoms with van der Waals surface area (Å²) in [6.45, 7) is 6.52. The number of aromatic amines is 1. The molecule has 2 aromatic heterocycles. The van der Waals surface area contributed by atoms with Gasteiger partial charge in [-0.05, 0) is 43.5 Å². The van der Waals surface area contributed by atoms with E-state index in [1.807, 2.05) is 30.5 Å². The summed E-state index contributed by atoms with van der Waals surface area (Å²) in [5.41, 5.74) is 3.64. The molecule has 0 saturated carbocycles. The summed E-state index contributed by atoms with van der Waals surface area (Å²) >= 11 is 3.29. The highest BCUT2D eigenvalue weighted by atomic mass is 32.2. The first-order valence-electron chi connectivity index (χ1n) is 9.15. The summed E-state index contributed by atoms with van der Waals surface area (Å²) in [5, 5.41) is 6.21. The summed E-state index contributed by atoms with van der Waals surface area (Å²) in [4.78, 5) is 31.9. The van der Waals surface area contributed by atoms with Crippen LogP contribution in [0, 0.1) is 13.8 Å². The van der Waals surface area contributed by atoms with Gasteiger partial charge in [-0.3, -0.25) is 14.3 Å². The van der Waals surface area contributed by atoms with Gasteiger partial charge in [0.1, 0.15) is 5.82 Å². The number of benzene rings is 1. The fourth-order valence-corrected chi connectivity index (χ4v) is 4.42. The van der Waals surface area contributed by atoms with E-state index < -0.39 is 5.69 Å². The van der Waals surface area contributed by atoms with Crippen molar-refractivity contribution in [3.63, 3.8) is 0 Å². The topological polar surface area (TPSA) is 79.8 Å². The molecule has 3 aromatic rings. The molecule has 0 aliphatic carbocycles. The highest BCUT2D eigenvalue weighted by Gasteiger charge is 2.06. The zero-order valence-corrected chi connectivity index (χ0v) is 17.9. The van der Waals surface area contributed by atoms with Crippen molar-refractivity contribution in [3.05, 3.63) is 72.3 Å². The molecule has 0 bridgehead atoms. The fourth-order valence-electron chi connectivity index (χ4n) is 2.89. The third-order valence-corrected chi connectivity index (χ3v) is 6.20. The van der Waals surface area contributed by atoms with E-state index in [0.717, 1.165) is 28.6 Å². The molecule has 28 heavy (non-hydrogen) atoms. The van der Waals surface area contributed by atoms with Gasteiger partial charge in [0, 0.05) is 35.2 Å². The highest BCUT2D eigenvalue weighted by Crippen LogP contribution is 2.18. The van der Waals surface area contributed by atoms with Gasteiger partial charge < -0.3 is 5.32 Å². The van der Waals surface area contributed by atoms with Crippen LogP contribution in [-0.4, -0.2) is 20.3 Å². The lowest BCUT2D eigenvalue weighted by atomic mass is 10.1. The Labute approximate surface area is 172 Å². The summed E-state index contributed by atoms with van der Waals surface area (Å²) in [6.07, 6.45) is 0.928. The van der Waals surface area contributed by atoms with Crippen LogP contribution in [0.3, 0.4) is 0 Å². The summed E-state index contributed by atoms with van der Waals surface area (Å²) in [7, 11) is 0. The third kappa shape index (κ3) is 5.14. The minimum atomic E-state index is -0.400. The lowest BCUT2D eigenvalue weighted by molar-refractivity contribution is 0.681. The Hall–Kier alpha value is -2.32. The van der Waals surface area contributed by atoms with Crippen LogP contribution in [-0.2, 0) is 18.7 Å². The second kappa shape index (κ2) is 9.25. The molecule has 0 saturated heterocycles. The molecule has 0 radical (unpaired) electrons. The first-order chi connectivity index (χ1) is 13.5. The first kappa shape index (κ1) is 20.4. The minimum absolute atomic E-state index is 0.306. The maximum atomic E-state index is 12.4. The van der Waals surface area contributed by atoms with Crippen LogP contribution < -0.4 is 16.6 Å². The fraction of sp³-hybridized carbons (Fsp3) is 0.350. The predicted molar refractivity (Wildman–Crippen MR) is 118 cm³/mol. The van der Waals surface area contributed by atoms with Gasteiger partial charge in [0.2, 0.25) is 0 Å². The van der Waals surface area contributed by atoms with E-state index in [2.05, 4.69) is 29.1 Å². The average molecular weight is 417 g/mol. The van der Waals surface area contributed by atoms with Crippen LogP contribution in [0.15, 0.2) is 39.2 Å². The van der Waals surface area contributed by atoms with Crippen LogP contribution in [0.25, 0.3) is 0 Å². The maximum absolute atomic E-state index is 12.4. The molecule has 0 aliphatic rings. The zero-order valence-electron chi connectivity index (χ0n) is 16.2. The minimum Gasteiger partial charge on any atom is -0.342 e. The van der Waals surface area contributed by atoms with E-state index in [4.69, 9.17) is 0 Å². The lowest BCUT2D eigenvalue weighted by Gasteiger charge is -2.11. The number of thiazole rings is 1. The molecule has 0 amide bonds. The molecular weight excluding hydrogens is 392 g/mol. The largest absolute Gasteiger partial charge is 0.342 e.